The monoisotopic (exact) mass is 349 g/mol. The van der Waals surface area contributed by atoms with Gasteiger partial charge in [0.25, 0.3) is 0 Å². The van der Waals surface area contributed by atoms with Crippen LogP contribution >= 0.6 is 22.9 Å². The lowest BCUT2D eigenvalue weighted by atomic mass is 9.66. The molecule has 1 unspecified atom stereocenters. The lowest BCUT2D eigenvalue weighted by Gasteiger charge is -2.42. The van der Waals surface area contributed by atoms with Crippen molar-refractivity contribution in [1.82, 2.24) is 5.32 Å². The van der Waals surface area contributed by atoms with E-state index in [-0.39, 0.29) is 5.92 Å². The van der Waals surface area contributed by atoms with Crippen LogP contribution < -0.4 is 5.32 Å². The molecule has 0 radical (unpaired) electrons. The van der Waals surface area contributed by atoms with Crippen molar-refractivity contribution in [3.05, 3.63) is 56.2 Å². The van der Waals surface area contributed by atoms with Crippen LogP contribution in [-0.2, 0) is 10.2 Å². The molecule has 0 spiro atoms. The highest BCUT2D eigenvalue weighted by Gasteiger charge is 2.51. The number of nitrogens with one attached hydrogen (secondary N) is 1. The number of carboxylic acid groups (broad SMARTS) is 1. The molecule has 2 atom stereocenters. The number of rotatable bonds is 3. The van der Waals surface area contributed by atoms with Crippen molar-refractivity contribution in [1.29, 1.82) is 0 Å². The predicted octanol–water partition coefficient (Wildman–Crippen LogP) is 4.12. The summed E-state index contributed by atoms with van der Waals surface area (Å²) in [5, 5.41) is 16.2. The van der Waals surface area contributed by atoms with Crippen molar-refractivity contribution < 1.29 is 9.90 Å². The largest absolute Gasteiger partial charge is 0.481 e. The Hall–Kier alpha value is -1.36. The van der Waals surface area contributed by atoms with Crippen LogP contribution in [0.25, 0.3) is 0 Å². The molecule has 1 aromatic heterocycles. The molecule has 2 aromatic rings. The molecule has 122 valence electrons. The zero-order valence-electron chi connectivity index (χ0n) is 13.2. The number of aryl methyl sites for hydroxylation is 2. The fraction of sp³-hybridized carbons (Fsp3) is 0.389. The van der Waals surface area contributed by atoms with E-state index in [9.17, 15) is 9.90 Å². The van der Waals surface area contributed by atoms with Gasteiger partial charge in [0.15, 0.2) is 0 Å². The minimum Gasteiger partial charge on any atom is -0.481 e. The van der Waals surface area contributed by atoms with Crippen LogP contribution in [0.15, 0.2) is 29.6 Å². The molecule has 1 aromatic carbocycles. The normalized spacial score (nSPS) is 24.6. The highest BCUT2D eigenvalue weighted by Crippen LogP contribution is 2.47. The molecule has 3 nitrogen and oxygen atoms in total. The number of thiophene rings is 1. The smallest absolute Gasteiger partial charge is 0.316 e. The van der Waals surface area contributed by atoms with Crippen LogP contribution in [0, 0.1) is 13.8 Å². The lowest BCUT2D eigenvalue weighted by Crippen LogP contribution is -2.53. The molecule has 0 saturated carbocycles. The Morgan fingerprint density at radius 2 is 2.13 bits per heavy atom. The van der Waals surface area contributed by atoms with Crippen LogP contribution in [0.4, 0.5) is 0 Å². The number of hydrogen-bond acceptors (Lipinski definition) is 3. The molecule has 3 rings (SSSR count). The first kappa shape index (κ1) is 16.5. The van der Waals surface area contributed by atoms with E-state index in [1.54, 1.807) is 11.3 Å². The molecule has 1 saturated heterocycles. The Morgan fingerprint density at radius 3 is 2.74 bits per heavy atom. The third-order valence-corrected chi connectivity index (χ3v) is 6.29. The number of piperidine rings is 1. The van der Waals surface area contributed by atoms with E-state index < -0.39 is 11.4 Å². The van der Waals surface area contributed by atoms with Crippen molar-refractivity contribution in [3.63, 3.8) is 0 Å². The molecule has 2 heterocycles. The maximum Gasteiger partial charge on any atom is 0.316 e. The Morgan fingerprint density at radius 1 is 1.35 bits per heavy atom. The number of carboxylic acids is 1. The molecule has 1 aliphatic heterocycles. The van der Waals surface area contributed by atoms with Crippen LogP contribution in [0.1, 0.15) is 33.9 Å². The van der Waals surface area contributed by atoms with Crippen LogP contribution in [0.5, 0.6) is 0 Å². The minimum atomic E-state index is -0.922. The average Bonchev–Trinajstić information content (AvgIpc) is 2.93. The summed E-state index contributed by atoms with van der Waals surface area (Å²) in [6, 6.07) is 7.78. The molecule has 0 aliphatic carbocycles. The van der Waals surface area contributed by atoms with Gasteiger partial charge < -0.3 is 10.4 Å². The fourth-order valence-electron chi connectivity index (χ4n) is 3.74. The Balaban J connectivity index is 2.19. The molecule has 0 bridgehead atoms. The molecule has 0 amide bonds. The van der Waals surface area contributed by atoms with E-state index in [1.165, 1.54) is 0 Å². The minimum absolute atomic E-state index is 0.0594. The molecule has 5 heteroatoms. The van der Waals surface area contributed by atoms with E-state index in [1.807, 2.05) is 43.5 Å². The zero-order chi connectivity index (χ0) is 16.6. The van der Waals surface area contributed by atoms with Crippen LogP contribution in [-0.4, -0.2) is 24.2 Å². The maximum atomic E-state index is 12.4. The third-order valence-electron chi connectivity index (χ3n) is 4.86. The quantitative estimate of drug-likeness (QED) is 0.876. The molecule has 1 aliphatic rings. The predicted molar refractivity (Wildman–Crippen MR) is 94.8 cm³/mol. The summed E-state index contributed by atoms with van der Waals surface area (Å²) in [5.74, 6) is -0.814. The summed E-state index contributed by atoms with van der Waals surface area (Å²) in [4.78, 5) is 13.4. The van der Waals surface area contributed by atoms with Gasteiger partial charge in [-0.3, -0.25) is 4.79 Å². The molecular formula is C18H20ClNO2S. The van der Waals surface area contributed by atoms with Crippen molar-refractivity contribution in [3.8, 4) is 0 Å². The third kappa shape index (κ3) is 2.69. The highest BCUT2D eigenvalue weighted by atomic mass is 35.5. The van der Waals surface area contributed by atoms with Gasteiger partial charge in [0.1, 0.15) is 5.41 Å². The maximum absolute atomic E-state index is 12.4. The Labute approximate surface area is 145 Å². The van der Waals surface area contributed by atoms with E-state index in [2.05, 4.69) is 5.32 Å². The van der Waals surface area contributed by atoms with Gasteiger partial charge in [0, 0.05) is 22.4 Å². The molecule has 23 heavy (non-hydrogen) atoms. The molecule has 1 fully saturated rings. The number of hydrogen-bond donors (Lipinski definition) is 2. The van der Waals surface area contributed by atoms with Gasteiger partial charge in [-0.15, -0.1) is 11.3 Å². The Kier molecular flexibility index (Phi) is 4.50. The van der Waals surface area contributed by atoms with Crippen molar-refractivity contribution >= 4 is 28.9 Å². The summed E-state index contributed by atoms with van der Waals surface area (Å²) < 4.78 is 0. The summed E-state index contributed by atoms with van der Waals surface area (Å²) in [6.45, 7) is 5.29. The van der Waals surface area contributed by atoms with Crippen molar-refractivity contribution in [2.45, 2.75) is 31.6 Å². The van der Waals surface area contributed by atoms with Gasteiger partial charge in [0.05, 0.1) is 0 Å². The number of aliphatic carboxylic acids is 1. The summed E-state index contributed by atoms with van der Waals surface area (Å²) in [6.07, 6.45) is 0.798. The number of carbonyl (C=O) groups is 1. The number of benzene rings is 1. The second-order valence-corrected chi connectivity index (χ2v) is 7.58. The Bertz CT molecular complexity index is 742. The van der Waals surface area contributed by atoms with E-state index in [0.29, 0.717) is 11.6 Å². The lowest BCUT2D eigenvalue weighted by molar-refractivity contribution is -0.145. The second kappa shape index (κ2) is 6.27. The number of halogens is 1. The van der Waals surface area contributed by atoms with E-state index >= 15 is 0 Å². The topological polar surface area (TPSA) is 49.3 Å². The average molecular weight is 350 g/mol. The van der Waals surface area contributed by atoms with E-state index in [4.69, 9.17) is 11.6 Å². The van der Waals surface area contributed by atoms with Crippen molar-refractivity contribution in [2.75, 3.05) is 13.1 Å². The first-order valence-electron chi connectivity index (χ1n) is 7.71. The standard InChI is InChI=1S/C18H20ClNO2S/c1-11-6-8-23-16(11)18(17(21)22)10-20-7-5-15(18)14-4-3-13(19)9-12(14)2/h3-4,6,8-9,15,20H,5,7,10H2,1-2H3,(H,21,22)/t15?,18-/m1/s1. The summed E-state index contributed by atoms with van der Waals surface area (Å²) in [7, 11) is 0. The van der Waals surface area contributed by atoms with Crippen molar-refractivity contribution in [2.24, 2.45) is 0 Å². The zero-order valence-corrected chi connectivity index (χ0v) is 14.8. The van der Waals surface area contributed by atoms with Gasteiger partial charge in [-0.05, 0) is 67.1 Å². The highest BCUT2D eigenvalue weighted by molar-refractivity contribution is 7.10. The SMILES string of the molecule is Cc1cc(Cl)ccc1C1CCNC[C@]1(C(=O)O)c1sccc1C. The summed E-state index contributed by atoms with van der Waals surface area (Å²) >= 11 is 7.63. The van der Waals surface area contributed by atoms with E-state index in [0.717, 1.165) is 34.5 Å². The first-order valence-corrected chi connectivity index (χ1v) is 8.97. The van der Waals surface area contributed by atoms with Gasteiger partial charge in [0.2, 0.25) is 0 Å². The van der Waals surface area contributed by atoms with Gasteiger partial charge in [-0.2, -0.15) is 0 Å². The summed E-state index contributed by atoms with van der Waals surface area (Å²) in [5.41, 5.74) is 2.28. The van der Waals surface area contributed by atoms with Gasteiger partial charge in [-0.1, -0.05) is 17.7 Å². The van der Waals surface area contributed by atoms with Gasteiger partial charge >= 0.3 is 5.97 Å². The fourth-order valence-corrected chi connectivity index (χ4v) is 5.14. The molecule has 2 N–H and O–H groups in total. The van der Waals surface area contributed by atoms with Gasteiger partial charge in [-0.25, -0.2) is 0 Å². The molecular weight excluding hydrogens is 330 g/mol. The second-order valence-electron chi connectivity index (χ2n) is 6.23. The first-order chi connectivity index (χ1) is 11.0. The van der Waals surface area contributed by atoms with Crippen LogP contribution in [0.3, 0.4) is 0 Å². The van der Waals surface area contributed by atoms with Crippen LogP contribution in [0.2, 0.25) is 5.02 Å².